The van der Waals surface area contributed by atoms with Crippen LogP contribution in [0.15, 0.2) is 41.2 Å². The fourth-order valence-electron chi connectivity index (χ4n) is 3.31. The molecule has 1 aliphatic rings. The number of hydrogen-bond donors (Lipinski definition) is 0. The molecule has 0 saturated carbocycles. The number of nitrogens with zero attached hydrogens (tertiary/aromatic N) is 3. The van der Waals surface area contributed by atoms with Crippen LogP contribution in [0.1, 0.15) is 36.6 Å². The summed E-state index contributed by atoms with van der Waals surface area (Å²) in [5.74, 6) is 0.708. The molecular formula is C19H23N3O3. The maximum atomic E-state index is 12.9. The van der Waals surface area contributed by atoms with Gasteiger partial charge in [0.15, 0.2) is 0 Å². The molecule has 1 amide bonds. The maximum absolute atomic E-state index is 12.9. The summed E-state index contributed by atoms with van der Waals surface area (Å²) in [7, 11) is 1.64. The van der Waals surface area contributed by atoms with E-state index < -0.39 is 0 Å². The van der Waals surface area contributed by atoms with Crippen LogP contribution in [0.5, 0.6) is 5.75 Å². The Labute approximate surface area is 147 Å². The van der Waals surface area contributed by atoms with E-state index in [4.69, 9.17) is 4.74 Å². The molecule has 2 heterocycles. The third-order valence-electron chi connectivity index (χ3n) is 4.59. The van der Waals surface area contributed by atoms with Crippen molar-refractivity contribution >= 4 is 5.91 Å². The van der Waals surface area contributed by atoms with Gasteiger partial charge in [-0.25, -0.2) is 4.68 Å². The van der Waals surface area contributed by atoms with Crippen LogP contribution in [-0.2, 0) is 11.3 Å². The van der Waals surface area contributed by atoms with Gasteiger partial charge >= 0.3 is 0 Å². The van der Waals surface area contributed by atoms with E-state index in [-0.39, 0.29) is 24.1 Å². The van der Waals surface area contributed by atoms with Crippen molar-refractivity contribution < 1.29 is 9.53 Å². The minimum Gasteiger partial charge on any atom is -0.497 e. The van der Waals surface area contributed by atoms with Crippen molar-refractivity contribution in [3.8, 4) is 5.75 Å². The topological polar surface area (TPSA) is 64.4 Å². The fraction of sp³-hybridized carbons (Fsp3) is 0.421. The zero-order chi connectivity index (χ0) is 17.8. The first-order chi connectivity index (χ1) is 12.1. The van der Waals surface area contributed by atoms with Gasteiger partial charge in [-0.15, -0.1) is 0 Å². The van der Waals surface area contributed by atoms with Crippen molar-refractivity contribution in [1.29, 1.82) is 0 Å². The van der Waals surface area contributed by atoms with Gasteiger partial charge in [0, 0.05) is 12.6 Å². The second-order valence-corrected chi connectivity index (χ2v) is 6.35. The Bertz CT molecular complexity index is 816. The van der Waals surface area contributed by atoms with Gasteiger partial charge in [0.1, 0.15) is 12.3 Å². The Hall–Kier alpha value is -2.63. The number of rotatable bonds is 4. The molecule has 0 bridgehead atoms. The van der Waals surface area contributed by atoms with E-state index in [0.717, 1.165) is 36.3 Å². The molecule has 6 heteroatoms. The quantitative estimate of drug-likeness (QED) is 0.856. The van der Waals surface area contributed by atoms with Crippen LogP contribution in [0.3, 0.4) is 0 Å². The maximum Gasteiger partial charge on any atom is 0.267 e. The summed E-state index contributed by atoms with van der Waals surface area (Å²) in [6, 6.07) is 11.0. The van der Waals surface area contributed by atoms with E-state index in [2.05, 4.69) is 5.10 Å². The Kier molecular flexibility index (Phi) is 5.16. The number of hydrogen-bond acceptors (Lipinski definition) is 4. The molecule has 25 heavy (non-hydrogen) atoms. The SMILES string of the molecule is COc1cccc(C2CCCCN2C(=O)Cn2nc(C)ccc2=O)c1. The van der Waals surface area contributed by atoms with Crippen LogP contribution >= 0.6 is 0 Å². The number of carbonyl (C=O) groups excluding carboxylic acids is 1. The van der Waals surface area contributed by atoms with Crippen molar-refractivity contribution in [1.82, 2.24) is 14.7 Å². The highest BCUT2D eigenvalue weighted by Crippen LogP contribution is 2.32. The zero-order valence-corrected chi connectivity index (χ0v) is 14.6. The molecule has 1 fully saturated rings. The van der Waals surface area contributed by atoms with E-state index >= 15 is 0 Å². The van der Waals surface area contributed by atoms with Crippen LogP contribution in [0.2, 0.25) is 0 Å². The highest BCUT2D eigenvalue weighted by molar-refractivity contribution is 5.76. The van der Waals surface area contributed by atoms with Crippen LogP contribution in [-0.4, -0.2) is 34.2 Å². The van der Waals surface area contributed by atoms with E-state index in [9.17, 15) is 9.59 Å². The lowest BCUT2D eigenvalue weighted by atomic mass is 9.95. The lowest BCUT2D eigenvalue weighted by molar-refractivity contribution is -0.136. The molecule has 1 aromatic carbocycles. The van der Waals surface area contributed by atoms with Gasteiger partial charge in [0.05, 0.1) is 18.8 Å². The lowest BCUT2D eigenvalue weighted by Crippen LogP contribution is -2.42. The summed E-state index contributed by atoms with van der Waals surface area (Å²) < 4.78 is 6.55. The Morgan fingerprint density at radius 2 is 2.12 bits per heavy atom. The number of piperidine rings is 1. The zero-order valence-electron chi connectivity index (χ0n) is 14.6. The number of benzene rings is 1. The van der Waals surface area contributed by atoms with Crippen molar-refractivity contribution in [3.63, 3.8) is 0 Å². The summed E-state index contributed by atoms with van der Waals surface area (Å²) in [4.78, 5) is 26.7. The summed E-state index contributed by atoms with van der Waals surface area (Å²) in [5.41, 5.74) is 1.53. The van der Waals surface area contributed by atoms with Gasteiger partial charge in [-0.3, -0.25) is 9.59 Å². The van der Waals surface area contributed by atoms with Gasteiger partial charge in [-0.2, -0.15) is 5.10 Å². The number of aryl methyl sites for hydroxylation is 1. The Morgan fingerprint density at radius 3 is 2.92 bits per heavy atom. The van der Waals surface area contributed by atoms with Gasteiger partial charge in [0.2, 0.25) is 5.91 Å². The molecule has 0 radical (unpaired) electrons. The average Bonchev–Trinajstić information content (AvgIpc) is 2.64. The number of likely N-dealkylation sites (tertiary alicyclic amines) is 1. The highest BCUT2D eigenvalue weighted by atomic mass is 16.5. The smallest absolute Gasteiger partial charge is 0.267 e. The number of ether oxygens (including phenoxy) is 1. The fourth-order valence-corrected chi connectivity index (χ4v) is 3.31. The second kappa shape index (κ2) is 7.51. The summed E-state index contributed by atoms with van der Waals surface area (Å²) in [5, 5.41) is 4.17. The lowest BCUT2D eigenvalue weighted by Gasteiger charge is -2.36. The van der Waals surface area contributed by atoms with E-state index in [1.165, 1.54) is 10.7 Å². The molecule has 0 N–H and O–H groups in total. The van der Waals surface area contributed by atoms with Gasteiger partial charge in [0.25, 0.3) is 5.56 Å². The summed E-state index contributed by atoms with van der Waals surface area (Å²) >= 11 is 0. The summed E-state index contributed by atoms with van der Waals surface area (Å²) in [6.45, 7) is 2.47. The number of methoxy groups -OCH3 is 1. The van der Waals surface area contributed by atoms with Crippen molar-refractivity contribution in [2.45, 2.75) is 38.8 Å². The van der Waals surface area contributed by atoms with Crippen LogP contribution in [0.25, 0.3) is 0 Å². The minimum absolute atomic E-state index is 0.0110. The number of amides is 1. The van der Waals surface area contributed by atoms with Gasteiger partial charge in [-0.1, -0.05) is 12.1 Å². The van der Waals surface area contributed by atoms with Gasteiger partial charge < -0.3 is 9.64 Å². The molecule has 0 aliphatic carbocycles. The van der Waals surface area contributed by atoms with Crippen LogP contribution < -0.4 is 10.3 Å². The molecule has 1 aliphatic heterocycles. The van der Waals surface area contributed by atoms with Crippen LogP contribution in [0, 0.1) is 6.92 Å². The molecule has 1 unspecified atom stereocenters. The molecule has 2 aromatic rings. The molecule has 1 saturated heterocycles. The van der Waals surface area contributed by atoms with Crippen molar-refractivity contribution in [2.75, 3.05) is 13.7 Å². The van der Waals surface area contributed by atoms with E-state index in [0.29, 0.717) is 6.54 Å². The van der Waals surface area contributed by atoms with Crippen molar-refractivity contribution in [2.24, 2.45) is 0 Å². The molecule has 3 rings (SSSR count). The van der Waals surface area contributed by atoms with Crippen molar-refractivity contribution in [3.05, 3.63) is 58.0 Å². The molecule has 1 atom stereocenters. The van der Waals surface area contributed by atoms with E-state index in [1.807, 2.05) is 29.2 Å². The first kappa shape index (κ1) is 17.2. The third kappa shape index (κ3) is 3.90. The first-order valence-electron chi connectivity index (χ1n) is 8.56. The highest BCUT2D eigenvalue weighted by Gasteiger charge is 2.28. The first-order valence-corrected chi connectivity index (χ1v) is 8.56. The Morgan fingerprint density at radius 1 is 1.28 bits per heavy atom. The number of aromatic nitrogens is 2. The standard InChI is InChI=1S/C19H23N3O3/c1-14-9-10-18(23)22(20-14)13-19(24)21-11-4-3-8-17(21)15-6-5-7-16(12-15)25-2/h5-7,9-10,12,17H,3-4,8,11,13H2,1-2H3. The minimum atomic E-state index is -0.256. The van der Waals surface area contributed by atoms with Gasteiger partial charge in [-0.05, 0) is 49.9 Å². The molecule has 1 aromatic heterocycles. The largest absolute Gasteiger partial charge is 0.497 e. The Balaban J connectivity index is 1.83. The summed E-state index contributed by atoms with van der Waals surface area (Å²) in [6.07, 6.45) is 2.96. The second-order valence-electron chi connectivity index (χ2n) is 6.35. The third-order valence-corrected chi connectivity index (χ3v) is 4.59. The monoisotopic (exact) mass is 341 g/mol. The normalized spacial score (nSPS) is 17.4. The molecular weight excluding hydrogens is 318 g/mol. The predicted molar refractivity (Wildman–Crippen MR) is 94.5 cm³/mol. The van der Waals surface area contributed by atoms with Crippen LogP contribution in [0.4, 0.5) is 0 Å². The number of carbonyl (C=O) groups is 1. The molecule has 6 nitrogen and oxygen atoms in total. The predicted octanol–water partition coefficient (Wildman–Crippen LogP) is 2.31. The molecule has 132 valence electrons. The van der Waals surface area contributed by atoms with E-state index in [1.54, 1.807) is 20.1 Å². The molecule has 0 spiro atoms. The average molecular weight is 341 g/mol.